The summed E-state index contributed by atoms with van der Waals surface area (Å²) in [5.74, 6) is -0.102. The summed E-state index contributed by atoms with van der Waals surface area (Å²) in [5.41, 5.74) is 4.56. The molecule has 84 valence electrons. The van der Waals surface area contributed by atoms with Gasteiger partial charge in [-0.2, -0.15) is 13.2 Å². The van der Waals surface area contributed by atoms with Gasteiger partial charge in [0.05, 0.1) is 0 Å². The minimum atomic E-state index is -4.45. The molecular formula is C10H13F3N2. The average Bonchev–Trinajstić information content (AvgIpc) is 1.99. The van der Waals surface area contributed by atoms with Crippen LogP contribution in [0.3, 0.4) is 0 Å². The predicted molar refractivity (Wildman–Crippen MR) is 52.4 cm³/mol. The zero-order valence-corrected chi connectivity index (χ0v) is 8.81. The molecule has 0 aliphatic carbocycles. The molecule has 0 unspecified atom stereocenters. The number of rotatable bonds is 0. The summed E-state index contributed by atoms with van der Waals surface area (Å²) >= 11 is 0. The first-order chi connectivity index (χ1) is 6.60. The maximum atomic E-state index is 12.4. The maximum Gasteiger partial charge on any atom is 0.433 e. The highest BCUT2D eigenvalue weighted by molar-refractivity contribution is 5.38. The fourth-order valence-electron chi connectivity index (χ4n) is 1.13. The third kappa shape index (κ3) is 2.84. The van der Waals surface area contributed by atoms with Crippen LogP contribution < -0.4 is 5.73 Å². The van der Waals surface area contributed by atoms with Gasteiger partial charge in [-0.15, -0.1) is 0 Å². The van der Waals surface area contributed by atoms with E-state index in [-0.39, 0.29) is 11.2 Å². The van der Waals surface area contributed by atoms with Crippen molar-refractivity contribution in [2.45, 2.75) is 32.4 Å². The second-order valence-electron chi connectivity index (χ2n) is 4.41. The van der Waals surface area contributed by atoms with E-state index >= 15 is 0 Å². The average molecular weight is 218 g/mol. The molecule has 0 aliphatic heterocycles. The predicted octanol–water partition coefficient (Wildman–Crippen LogP) is 2.98. The van der Waals surface area contributed by atoms with Gasteiger partial charge in [-0.3, -0.25) is 0 Å². The molecule has 1 rings (SSSR count). The highest BCUT2D eigenvalue weighted by Gasteiger charge is 2.34. The van der Waals surface area contributed by atoms with Crippen LogP contribution in [0.15, 0.2) is 12.1 Å². The molecule has 0 spiro atoms. The minimum absolute atomic E-state index is 0.102. The first-order valence-corrected chi connectivity index (χ1v) is 4.46. The van der Waals surface area contributed by atoms with Gasteiger partial charge in [-0.25, -0.2) is 4.98 Å². The summed E-state index contributed by atoms with van der Waals surface area (Å²) in [6, 6.07) is 2.51. The van der Waals surface area contributed by atoms with E-state index in [9.17, 15) is 13.2 Å². The van der Waals surface area contributed by atoms with E-state index in [4.69, 9.17) is 5.73 Å². The number of hydrogen-bond acceptors (Lipinski definition) is 2. The third-order valence-corrected chi connectivity index (χ3v) is 2.00. The minimum Gasteiger partial charge on any atom is -0.384 e. The van der Waals surface area contributed by atoms with Crippen molar-refractivity contribution in [3.05, 3.63) is 23.4 Å². The Hall–Kier alpha value is -1.26. The Labute approximate surface area is 86.3 Å². The second-order valence-corrected chi connectivity index (χ2v) is 4.41. The molecule has 0 bridgehead atoms. The number of nitrogen functional groups attached to an aromatic ring is 1. The fourth-order valence-corrected chi connectivity index (χ4v) is 1.13. The molecule has 2 N–H and O–H groups in total. The van der Waals surface area contributed by atoms with Gasteiger partial charge in [0.2, 0.25) is 0 Å². The Morgan fingerprint density at radius 2 is 1.67 bits per heavy atom. The van der Waals surface area contributed by atoms with Crippen molar-refractivity contribution in [3.8, 4) is 0 Å². The van der Waals surface area contributed by atoms with Crippen LogP contribution in [0.5, 0.6) is 0 Å². The maximum absolute atomic E-state index is 12.4. The van der Waals surface area contributed by atoms with Crippen LogP contribution in [0, 0.1) is 0 Å². The van der Waals surface area contributed by atoms with Crippen molar-refractivity contribution in [1.29, 1.82) is 0 Å². The molecule has 0 saturated heterocycles. The molecular weight excluding hydrogens is 205 g/mol. The molecule has 0 aromatic carbocycles. The summed E-state index contributed by atoms with van der Waals surface area (Å²) in [6.07, 6.45) is -4.45. The number of nitrogens with two attached hydrogens (primary N) is 1. The van der Waals surface area contributed by atoms with Crippen molar-refractivity contribution in [3.63, 3.8) is 0 Å². The molecule has 1 aromatic heterocycles. The molecule has 1 heterocycles. The van der Waals surface area contributed by atoms with Crippen molar-refractivity contribution in [1.82, 2.24) is 4.98 Å². The first-order valence-electron chi connectivity index (χ1n) is 4.46. The Kier molecular flexibility index (Phi) is 2.67. The number of alkyl halides is 3. The second kappa shape index (κ2) is 3.40. The molecule has 0 aliphatic rings. The van der Waals surface area contributed by atoms with E-state index in [0.717, 1.165) is 6.07 Å². The van der Waals surface area contributed by atoms with Gasteiger partial charge in [0.15, 0.2) is 0 Å². The highest BCUT2D eigenvalue weighted by Crippen LogP contribution is 2.32. The summed E-state index contributed by atoms with van der Waals surface area (Å²) in [4.78, 5) is 3.27. The number of pyridine rings is 1. The quantitative estimate of drug-likeness (QED) is 0.727. The van der Waals surface area contributed by atoms with Crippen molar-refractivity contribution >= 4 is 5.82 Å². The standard InChI is InChI=1S/C10H13F3N2/c1-9(2,3)6-4-7(10(11,12)13)15-8(14)5-6/h4-5H,1-3H3,(H2,14,15). The van der Waals surface area contributed by atoms with Crippen LogP contribution in [-0.4, -0.2) is 4.98 Å². The van der Waals surface area contributed by atoms with E-state index in [1.807, 2.05) is 20.8 Å². The number of aromatic nitrogens is 1. The molecule has 0 radical (unpaired) electrons. The van der Waals surface area contributed by atoms with Gasteiger partial charge in [0.1, 0.15) is 11.5 Å². The van der Waals surface area contributed by atoms with Gasteiger partial charge in [0.25, 0.3) is 0 Å². The van der Waals surface area contributed by atoms with E-state index in [2.05, 4.69) is 4.98 Å². The fraction of sp³-hybridized carbons (Fsp3) is 0.500. The molecule has 0 saturated carbocycles. The van der Waals surface area contributed by atoms with E-state index in [0.29, 0.717) is 5.56 Å². The molecule has 5 heteroatoms. The number of anilines is 1. The van der Waals surface area contributed by atoms with Gasteiger partial charge < -0.3 is 5.73 Å². The lowest BCUT2D eigenvalue weighted by Gasteiger charge is -2.20. The molecule has 0 amide bonds. The number of nitrogens with zero attached hydrogens (tertiary/aromatic N) is 1. The Morgan fingerprint density at radius 1 is 1.13 bits per heavy atom. The molecule has 1 aromatic rings. The Balaban J connectivity index is 3.30. The molecule has 0 fully saturated rings. The SMILES string of the molecule is CC(C)(C)c1cc(N)nc(C(F)(F)F)c1. The Morgan fingerprint density at radius 3 is 2.07 bits per heavy atom. The topological polar surface area (TPSA) is 38.9 Å². The lowest BCUT2D eigenvalue weighted by molar-refractivity contribution is -0.141. The van der Waals surface area contributed by atoms with Gasteiger partial charge in [0, 0.05) is 0 Å². The normalized spacial score (nSPS) is 12.9. The van der Waals surface area contributed by atoms with Gasteiger partial charge >= 0.3 is 6.18 Å². The van der Waals surface area contributed by atoms with Crippen molar-refractivity contribution in [2.24, 2.45) is 0 Å². The zero-order valence-electron chi connectivity index (χ0n) is 8.81. The van der Waals surface area contributed by atoms with Gasteiger partial charge in [-0.05, 0) is 23.1 Å². The van der Waals surface area contributed by atoms with Crippen LogP contribution in [0.4, 0.5) is 19.0 Å². The lowest BCUT2D eigenvalue weighted by Crippen LogP contribution is -2.16. The largest absolute Gasteiger partial charge is 0.433 e. The van der Waals surface area contributed by atoms with Crippen LogP contribution in [0.1, 0.15) is 32.0 Å². The number of halogens is 3. The molecule has 0 atom stereocenters. The summed E-state index contributed by atoms with van der Waals surface area (Å²) < 4.78 is 37.3. The zero-order chi connectivity index (χ0) is 11.9. The van der Waals surface area contributed by atoms with Crippen LogP contribution >= 0.6 is 0 Å². The lowest BCUT2D eigenvalue weighted by atomic mass is 9.87. The van der Waals surface area contributed by atoms with Crippen LogP contribution in [0.2, 0.25) is 0 Å². The van der Waals surface area contributed by atoms with Crippen molar-refractivity contribution in [2.75, 3.05) is 5.73 Å². The van der Waals surface area contributed by atoms with E-state index in [1.54, 1.807) is 0 Å². The van der Waals surface area contributed by atoms with Crippen molar-refractivity contribution < 1.29 is 13.2 Å². The summed E-state index contributed by atoms with van der Waals surface area (Å²) in [7, 11) is 0. The van der Waals surface area contributed by atoms with Gasteiger partial charge in [-0.1, -0.05) is 20.8 Å². The smallest absolute Gasteiger partial charge is 0.384 e. The molecule has 2 nitrogen and oxygen atoms in total. The first kappa shape index (κ1) is 11.8. The Bertz CT molecular complexity index is 332. The van der Waals surface area contributed by atoms with Crippen LogP contribution in [-0.2, 0) is 11.6 Å². The highest BCUT2D eigenvalue weighted by atomic mass is 19.4. The third-order valence-electron chi connectivity index (χ3n) is 2.00. The number of hydrogen-bond donors (Lipinski definition) is 1. The van der Waals surface area contributed by atoms with E-state index in [1.165, 1.54) is 6.07 Å². The van der Waals surface area contributed by atoms with Crippen LogP contribution in [0.25, 0.3) is 0 Å². The molecule has 15 heavy (non-hydrogen) atoms. The van der Waals surface area contributed by atoms with E-state index < -0.39 is 11.9 Å². The summed E-state index contributed by atoms with van der Waals surface area (Å²) in [6.45, 7) is 5.46. The monoisotopic (exact) mass is 218 g/mol. The summed E-state index contributed by atoms with van der Waals surface area (Å²) in [5, 5.41) is 0.